The summed E-state index contributed by atoms with van der Waals surface area (Å²) in [6.07, 6.45) is 0.912. The first-order valence-electron chi connectivity index (χ1n) is 10.3. The molecule has 3 atom stereocenters. The molecule has 0 aromatic carbocycles. The van der Waals surface area contributed by atoms with E-state index in [2.05, 4.69) is 20.4 Å². The van der Waals surface area contributed by atoms with E-state index < -0.39 is 48.4 Å². The largest absolute Gasteiger partial charge is 0.474 e. The number of fused-ring (bicyclic) bond motifs is 5. The van der Waals surface area contributed by atoms with Crippen molar-refractivity contribution in [3.63, 3.8) is 0 Å². The SMILES string of the molecule is CC12CC(F)=CN=C1OCC(F)(F)CNC(=O)c1c(N)nn3ccc(nc13)N1C[C@@H](F)C[C@@H]12. The summed E-state index contributed by atoms with van der Waals surface area (Å²) in [4.78, 5) is 22.7. The molecule has 5 rings (SSSR count). The lowest BCUT2D eigenvalue weighted by Crippen LogP contribution is -2.51. The van der Waals surface area contributed by atoms with E-state index in [1.165, 1.54) is 10.7 Å². The third kappa shape index (κ3) is 3.55. The number of nitrogens with zero attached hydrogens (tertiary/aromatic N) is 5. The fourth-order valence-corrected chi connectivity index (χ4v) is 4.69. The molecule has 3 aliphatic heterocycles. The Morgan fingerprint density at radius 2 is 2.15 bits per heavy atom. The van der Waals surface area contributed by atoms with Crippen LogP contribution in [0.25, 0.3) is 5.65 Å². The number of halogens is 4. The average molecular weight is 467 g/mol. The molecular formula is C20H21F4N7O2. The molecule has 5 heterocycles. The molecule has 13 heteroatoms. The molecule has 2 aromatic heterocycles. The van der Waals surface area contributed by atoms with Crippen LogP contribution in [0, 0.1) is 5.41 Å². The van der Waals surface area contributed by atoms with Crippen molar-refractivity contribution in [1.29, 1.82) is 0 Å². The number of amides is 1. The number of aromatic nitrogens is 3. The smallest absolute Gasteiger partial charge is 0.298 e. The van der Waals surface area contributed by atoms with Crippen molar-refractivity contribution in [2.75, 3.05) is 30.3 Å². The van der Waals surface area contributed by atoms with Crippen LogP contribution in [0.3, 0.4) is 0 Å². The molecule has 1 saturated heterocycles. The van der Waals surface area contributed by atoms with Gasteiger partial charge in [-0.2, -0.15) is 0 Å². The number of allylic oxidation sites excluding steroid dienone is 1. The molecule has 3 aliphatic rings. The quantitative estimate of drug-likeness (QED) is 0.575. The molecule has 0 aliphatic carbocycles. The van der Waals surface area contributed by atoms with Gasteiger partial charge in [-0.3, -0.25) is 4.79 Å². The summed E-state index contributed by atoms with van der Waals surface area (Å²) in [7, 11) is 0. The molecule has 0 spiro atoms. The number of hydrogen-bond donors (Lipinski definition) is 2. The number of aliphatic imine (C=N–C) groups is 1. The highest BCUT2D eigenvalue weighted by Gasteiger charge is 2.51. The van der Waals surface area contributed by atoms with Gasteiger partial charge < -0.3 is 20.7 Å². The fourth-order valence-electron chi connectivity index (χ4n) is 4.69. The van der Waals surface area contributed by atoms with Crippen LogP contribution in [-0.4, -0.2) is 64.2 Å². The van der Waals surface area contributed by atoms with E-state index in [4.69, 9.17) is 10.5 Å². The van der Waals surface area contributed by atoms with E-state index in [1.807, 2.05) is 0 Å². The van der Waals surface area contributed by atoms with Gasteiger partial charge >= 0.3 is 0 Å². The van der Waals surface area contributed by atoms with Crippen molar-refractivity contribution in [3.05, 3.63) is 29.9 Å². The standard InChI is InChI=1S/C20H21F4N7O2/c1-19-5-11(22)6-26-18(19)33-9-20(23,24)8-27-17(32)14-15(25)29-31-3-2-13(28-16(14)31)30-7-10(21)4-12(19)30/h2-3,6,10,12H,4-5,7-9H2,1H3,(H2,25,29)(H,27,32)/t10-,12+,19?/m0/s1. The molecule has 1 amide bonds. The molecular weight excluding hydrogens is 446 g/mol. The van der Waals surface area contributed by atoms with Crippen LogP contribution < -0.4 is 16.0 Å². The van der Waals surface area contributed by atoms with Crippen LogP contribution >= 0.6 is 0 Å². The molecule has 2 bridgehead atoms. The van der Waals surface area contributed by atoms with Crippen molar-refractivity contribution in [2.24, 2.45) is 10.4 Å². The molecule has 33 heavy (non-hydrogen) atoms. The van der Waals surface area contributed by atoms with E-state index in [0.717, 1.165) is 6.20 Å². The first-order valence-corrected chi connectivity index (χ1v) is 10.3. The number of nitrogens with two attached hydrogens (primary N) is 1. The lowest BCUT2D eigenvalue weighted by molar-refractivity contribution is -0.0455. The summed E-state index contributed by atoms with van der Waals surface area (Å²) < 4.78 is 64.8. The Morgan fingerprint density at radius 3 is 2.94 bits per heavy atom. The number of ether oxygens (including phenoxy) is 1. The summed E-state index contributed by atoms with van der Waals surface area (Å²) in [6.45, 7) is -0.603. The maximum absolute atomic E-state index is 14.7. The van der Waals surface area contributed by atoms with Crippen molar-refractivity contribution in [1.82, 2.24) is 19.9 Å². The molecule has 2 aromatic rings. The van der Waals surface area contributed by atoms with Gasteiger partial charge in [0, 0.05) is 25.1 Å². The third-order valence-electron chi connectivity index (χ3n) is 6.28. The summed E-state index contributed by atoms with van der Waals surface area (Å²) in [5.74, 6) is -4.93. The summed E-state index contributed by atoms with van der Waals surface area (Å²) in [5.41, 5.74) is 4.49. The predicted octanol–water partition coefficient (Wildman–Crippen LogP) is 2.24. The van der Waals surface area contributed by atoms with Gasteiger partial charge in [0.05, 0.1) is 24.7 Å². The van der Waals surface area contributed by atoms with Crippen molar-refractivity contribution in [3.8, 4) is 0 Å². The lowest BCUT2D eigenvalue weighted by atomic mass is 9.76. The Labute approximate surface area is 185 Å². The number of hydrogen-bond acceptors (Lipinski definition) is 7. The van der Waals surface area contributed by atoms with Gasteiger partial charge in [-0.25, -0.2) is 32.1 Å². The summed E-state index contributed by atoms with van der Waals surface area (Å²) in [6, 6.07) is 0.872. The number of carbonyl (C=O) groups is 1. The lowest BCUT2D eigenvalue weighted by Gasteiger charge is -2.41. The monoisotopic (exact) mass is 467 g/mol. The second kappa shape index (κ2) is 7.32. The molecule has 3 N–H and O–H groups in total. The van der Waals surface area contributed by atoms with Crippen molar-refractivity contribution >= 4 is 29.1 Å². The van der Waals surface area contributed by atoms with E-state index in [0.29, 0.717) is 5.82 Å². The van der Waals surface area contributed by atoms with Gasteiger partial charge in [0.2, 0.25) is 0 Å². The van der Waals surface area contributed by atoms with E-state index >= 15 is 0 Å². The Hall–Kier alpha value is -3.38. The third-order valence-corrected chi connectivity index (χ3v) is 6.28. The Kier molecular flexibility index (Phi) is 4.76. The van der Waals surface area contributed by atoms with Crippen molar-refractivity contribution < 1.29 is 27.1 Å². The molecule has 0 radical (unpaired) electrons. The minimum atomic E-state index is -3.47. The minimum Gasteiger partial charge on any atom is -0.474 e. The number of rotatable bonds is 0. The second-order valence-electron chi connectivity index (χ2n) is 8.75. The molecule has 1 fully saturated rings. The molecule has 9 nitrogen and oxygen atoms in total. The zero-order chi connectivity index (χ0) is 23.5. The van der Waals surface area contributed by atoms with Crippen LogP contribution in [-0.2, 0) is 4.74 Å². The van der Waals surface area contributed by atoms with E-state index in [1.54, 1.807) is 17.9 Å². The number of carbonyl (C=O) groups excluding carboxylic acids is 1. The fraction of sp³-hybridized carbons (Fsp3) is 0.500. The van der Waals surface area contributed by atoms with Crippen LogP contribution in [0.4, 0.5) is 29.2 Å². The van der Waals surface area contributed by atoms with Crippen LogP contribution in [0.15, 0.2) is 29.3 Å². The highest BCUT2D eigenvalue weighted by Crippen LogP contribution is 2.44. The average Bonchev–Trinajstić information content (AvgIpc) is 3.30. The zero-order valence-electron chi connectivity index (χ0n) is 17.6. The van der Waals surface area contributed by atoms with Gasteiger partial charge in [0.1, 0.15) is 23.4 Å². The van der Waals surface area contributed by atoms with Gasteiger partial charge in [-0.05, 0) is 13.0 Å². The normalized spacial score (nSPS) is 29.5. The molecule has 176 valence electrons. The zero-order valence-corrected chi connectivity index (χ0v) is 17.6. The van der Waals surface area contributed by atoms with Crippen LogP contribution in [0.2, 0.25) is 0 Å². The van der Waals surface area contributed by atoms with E-state index in [-0.39, 0.29) is 42.3 Å². The summed E-state index contributed by atoms with van der Waals surface area (Å²) in [5, 5.41) is 6.15. The highest BCUT2D eigenvalue weighted by molar-refractivity contribution is 6.04. The highest BCUT2D eigenvalue weighted by atomic mass is 19.3. The maximum atomic E-state index is 14.7. The Bertz CT molecular complexity index is 1200. The number of nitrogens with one attached hydrogen (secondary N) is 1. The molecule has 0 saturated carbocycles. The predicted molar refractivity (Wildman–Crippen MR) is 111 cm³/mol. The van der Waals surface area contributed by atoms with Gasteiger partial charge in [0.15, 0.2) is 24.0 Å². The summed E-state index contributed by atoms with van der Waals surface area (Å²) >= 11 is 0. The number of nitrogen functional groups attached to an aromatic ring is 1. The Morgan fingerprint density at radius 1 is 1.36 bits per heavy atom. The van der Waals surface area contributed by atoms with Crippen LogP contribution in [0.5, 0.6) is 0 Å². The number of anilines is 2. The molecule has 1 unspecified atom stereocenters. The van der Waals surface area contributed by atoms with Gasteiger partial charge in [-0.1, -0.05) is 0 Å². The Balaban J connectivity index is 1.69. The van der Waals surface area contributed by atoms with Gasteiger partial charge in [-0.15, -0.1) is 5.10 Å². The van der Waals surface area contributed by atoms with Crippen LogP contribution in [0.1, 0.15) is 30.1 Å². The number of alkyl halides is 3. The maximum Gasteiger partial charge on any atom is 0.298 e. The first-order chi connectivity index (χ1) is 15.6. The van der Waals surface area contributed by atoms with Gasteiger partial charge in [0.25, 0.3) is 11.8 Å². The first kappa shape index (κ1) is 21.5. The second-order valence-corrected chi connectivity index (χ2v) is 8.75. The van der Waals surface area contributed by atoms with E-state index in [9.17, 15) is 22.4 Å². The minimum absolute atomic E-state index is 0.00976. The van der Waals surface area contributed by atoms with Crippen molar-refractivity contribution in [2.45, 2.75) is 37.9 Å². The topological polar surface area (TPSA) is 110 Å².